The highest BCUT2D eigenvalue weighted by Crippen LogP contribution is 2.25. The van der Waals surface area contributed by atoms with E-state index in [-0.39, 0.29) is 29.1 Å². The van der Waals surface area contributed by atoms with Crippen LogP contribution in [0.3, 0.4) is 0 Å². The molecule has 31 heavy (non-hydrogen) atoms. The Kier molecular flexibility index (Phi) is 7.32. The normalized spacial score (nSPS) is 15.5. The molecule has 0 atom stereocenters. The average Bonchev–Trinajstić information content (AvgIpc) is 2.78. The van der Waals surface area contributed by atoms with E-state index in [0.717, 1.165) is 11.6 Å². The van der Waals surface area contributed by atoms with Crippen LogP contribution in [0.4, 0.5) is 0 Å². The van der Waals surface area contributed by atoms with Gasteiger partial charge in [0.2, 0.25) is 10.0 Å². The van der Waals surface area contributed by atoms with Crippen LogP contribution in [-0.2, 0) is 26.0 Å². The number of esters is 2. The van der Waals surface area contributed by atoms with Crippen molar-refractivity contribution < 1.29 is 27.5 Å². The second-order valence-electron chi connectivity index (χ2n) is 7.00. The van der Waals surface area contributed by atoms with Crippen molar-refractivity contribution in [3.05, 3.63) is 64.2 Å². The van der Waals surface area contributed by atoms with E-state index in [1.54, 1.807) is 6.07 Å². The van der Waals surface area contributed by atoms with Gasteiger partial charge < -0.3 is 9.47 Å². The molecule has 8 nitrogen and oxygen atoms in total. The zero-order valence-electron chi connectivity index (χ0n) is 17.2. The summed E-state index contributed by atoms with van der Waals surface area (Å²) in [6.07, 6.45) is 0. The molecule has 3 rings (SSSR count). The molecular formula is C21H23ClN2O6S. The van der Waals surface area contributed by atoms with Crippen molar-refractivity contribution in [2.75, 3.05) is 40.4 Å². The molecular weight excluding hydrogens is 444 g/mol. The summed E-state index contributed by atoms with van der Waals surface area (Å²) in [5.41, 5.74) is 0.951. The minimum absolute atomic E-state index is 0.0355. The first-order chi connectivity index (χ1) is 14.8. The molecule has 0 aromatic heterocycles. The Morgan fingerprint density at radius 2 is 1.65 bits per heavy atom. The summed E-state index contributed by atoms with van der Waals surface area (Å²) in [4.78, 5) is 25.9. The number of sulfonamides is 1. The number of ether oxygens (including phenoxy) is 2. The number of rotatable bonds is 6. The number of benzene rings is 2. The standard InChI is InChI=1S/C21H23ClN2O6S/c1-29-20(25)16-6-7-18(21(26)30-2)19(13-16)31(27,28)24-10-8-23(9-11-24)14-15-4-3-5-17(22)12-15/h3-7,12-13H,8-11,14H2,1-2H3. The summed E-state index contributed by atoms with van der Waals surface area (Å²) in [6.45, 7) is 2.16. The minimum Gasteiger partial charge on any atom is -0.465 e. The van der Waals surface area contributed by atoms with Gasteiger partial charge in [0, 0.05) is 37.7 Å². The molecule has 0 saturated carbocycles. The van der Waals surface area contributed by atoms with E-state index in [2.05, 4.69) is 9.64 Å². The van der Waals surface area contributed by atoms with Crippen molar-refractivity contribution >= 4 is 33.6 Å². The maximum atomic E-state index is 13.3. The molecule has 10 heteroatoms. The molecule has 2 aromatic rings. The number of nitrogens with zero attached hydrogens (tertiary/aromatic N) is 2. The fourth-order valence-corrected chi connectivity index (χ4v) is 5.26. The Morgan fingerprint density at radius 1 is 0.968 bits per heavy atom. The molecule has 0 N–H and O–H groups in total. The number of piperazine rings is 1. The maximum absolute atomic E-state index is 13.3. The van der Waals surface area contributed by atoms with Gasteiger partial charge in [-0.1, -0.05) is 23.7 Å². The van der Waals surface area contributed by atoms with Crippen molar-refractivity contribution in [2.45, 2.75) is 11.4 Å². The maximum Gasteiger partial charge on any atom is 0.339 e. The molecule has 2 aromatic carbocycles. The third-order valence-electron chi connectivity index (χ3n) is 5.05. The minimum atomic E-state index is -4.04. The molecule has 1 saturated heterocycles. The Morgan fingerprint density at radius 3 is 2.26 bits per heavy atom. The van der Waals surface area contributed by atoms with E-state index in [9.17, 15) is 18.0 Å². The number of hydrogen-bond donors (Lipinski definition) is 0. The fraction of sp³-hybridized carbons (Fsp3) is 0.333. The van der Waals surface area contributed by atoms with Crippen molar-refractivity contribution in [1.29, 1.82) is 0 Å². The van der Waals surface area contributed by atoms with Gasteiger partial charge in [-0.2, -0.15) is 4.31 Å². The highest BCUT2D eigenvalue weighted by Gasteiger charge is 2.33. The second kappa shape index (κ2) is 9.78. The molecule has 1 aliphatic rings. The van der Waals surface area contributed by atoms with Crippen LogP contribution in [0, 0.1) is 0 Å². The first kappa shape index (κ1) is 23.2. The van der Waals surface area contributed by atoms with Gasteiger partial charge in [-0.15, -0.1) is 0 Å². The van der Waals surface area contributed by atoms with Crippen LogP contribution in [-0.4, -0.2) is 70.0 Å². The van der Waals surface area contributed by atoms with Crippen molar-refractivity contribution in [1.82, 2.24) is 9.21 Å². The molecule has 1 fully saturated rings. The van der Waals surface area contributed by atoms with E-state index in [1.165, 1.54) is 30.7 Å². The lowest BCUT2D eigenvalue weighted by Crippen LogP contribution is -2.48. The van der Waals surface area contributed by atoms with Gasteiger partial charge in [-0.05, 0) is 35.9 Å². The molecule has 0 amide bonds. The number of hydrogen-bond acceptors (Lipinski definition) is 7. The van der Waals surface area contributed by atoms with E-state index in [1.807, 2.05) is 18.2 Å². The number of methoxy groups -OCH3 is 2. The van der Waals surface area contributed by atoms with Crippen LogP contribution in [0.5, 0.6) is 0 Å². The summed E-state index contributed by atoms with van der Waals surface area (Å²) in [7, 11) is -1.67. The molecule has 0 bridgehead atoms. The van der Waals surface area contributed by atoms with Crippen LogP contribution < -0.4 is 0 Å². The van der Waals surface area contributed by atoms with Gasteiger partial charge in [0.05, 0.1) is 30.2 Å². The second-order valence-corrected chi connectivity index (χ2v) is 9.35. The van der Waals surface area contributed by atoms with E-state index >= 15 is 0 Å². The van der Waals surface area contributed by atoms with Crippen molar-refractivity contribution in [2.24, 2.45) is 0 Å². The zero-order valence-corrected chi connectivity index (χ0v) is 18.8. The van der Waals surface area contributed by atoms with Gasteiger partial charge in [-0.3, -0.25) is 4.90 Å². The third kappa shape index (κ3) is 5.24. The Balaban J connectivity index is 1.81. The smallest absolute Gasteiger partial charge is 0.339 e. The van der Waals surface area contributed by atoms with Crippen LogP contribution in [0.15, 0.2) is 47.4 Å². The quantitative estimate of drug-likeness (QED) is 0.603. The third-order valence-corrected chi connectivity index (χ3v) is 7.23. The van der Waals surface area contributed by atoms with Gasteiger partial charge >= 0.3 is 11.9 Å². The van der Waals surface area contributed by atoms with Gasteiger partial charge in [-0.25, -0.2) is 18.0 Å². The number of carbonyl (C=O) groups excluding carboxylic acids is 2. The van der Waals surface area contributed by atoms with Gasteiger partial charge in [0.25, 0.3) is 0 Å². The van der Waals surface area contributed by atoms with E-state index in [4.69, 9.17) is 16.3 Å². The van der Waals surface area contributed by atoms with Crippen LogP contribution in [0.25, 0.3) is 0 Å². The van der Waals surface area contributed by atoms with Crippen LogP contribution in [0.1, 0.15) is 26.3 Å². The highest BCUT2D eigenvalue weighted by atomic mass is 35.5. The molecule has 1 heterocycles. The lowest BCUT2D eigenvalue weighted by atomic mass is 10.1. The molecule has 1 aliphatic heterocycles. The summed E-state index contributed by atoms with van der Waals surface area (Å²) in [5, 5.41) is 0.652. The molecule has 0 unspecified atom stereocenters. The Labute approximate surface area is 186 Å². The zero-order chi connectivity index (χ0) is 22.6. The van der Waals surface area contributed by atoms with Gasteiger partial charge in [0.1, 0.15) is 0 Å². The number of halogens is 1. The van der Waals surface area contributed by atoms with Crippen LogP contribution in [0.2, 0.25) is 5.02 Å². The molecule has 0 radical (unpaired) electrons. The largest absolute Gasteiger partial charge is 0.465 e. The van der Waals surface area contributed by atoms with Crippen LogP contribution >= 0.6 is 11.6 Å². The van der Waals surface area contributed by atoms with E-state index in [0.29, 0.717) is 24.7 Å². The lowest BCUT2D eigenvalue weighted by molar-refractivity contribution is 0.0583. The monoisotopic (exact) mass is 466 g/mol. The lowest BCUT2D eigenvalue weighted by Gasteiger charge is -2.34. The Hall–Kier alpha value is -2.46. The molecule has 0 spiro atoms. The molecule has 0 aliphatic carbocycles. The highest BCUT2D eigenvalue weighted by molar-refractivity contribution is 7.89. The predicted octanol–water partition coefficient (Wildman–Crippen LogP) is 2.42. The van der Waals surface area contributed by atoms with Crippen molar-refractivity contribution in [3.8, 4) is 0 Å². The first-order valence-corrected chi connectivity index (χ1v) is 11.4. The van der Waals surface area contributed by atoms with Gasteiger partial charge in [0.15, 0.2) is 0 Å². The van der Waals surface area contributed by atoms with Crippen molar-refractivity contribution in [3.63, 3.8) is 0 Å². The SMILES string of the molecule is COC(=O)c1ccc(C(=O)OC)c(S(=O)(=O)N2CCN(Cc3cccc(Cl)c3)CC2)c1. The predicted molar refractivity (Wildman–Crippen MR) is 115 cm³/mol. The van der Waals surface area contributed by atoms with E-state index < -0.39 is 22.0 Å². The topological polar surface area (TPSA) is 93.2 Å². The molecule has 166 valence electrons. The fourth-order valence-electron chi connectivity index (χ4n) is 3.42. The summed E-state index contributed by atoms with van der Waals surface area (Å²) in [5.74, 6) is -1.49. The summed E-state index contributed by atoms with van der Waals surface area (Å²) >= 11 is 6.03. The summed E-state index contributed by atoms with van der Waals surface area (Å²) < 4.78 is 37.4. The Bertz CT molecular complexity index is 1080. The first-order valence-electron chi connectivity index (χ1n) is 9.54. The number of carbonyl (C=O) groups is 2. The summed E-state index contributed by atoms with van der Waals surface area (Å²) in [6, 6.07) is 11.3. The average molecular weight is 467 g/mol.